The quantitative estimate of drug-likeness (QED) is 0.354. The first-order valence-electron chi connectivity index (χ1n) is 8.61. The van der Waals surface area contributed by atoms with Gasteiger partial charge in [0.1, 0.15) is 5.76 Å². The van der Waals surface area contributed by atoms with E-state index in [1.54, 1.807) is 6.26 Å². The maximum atomic E-state index is 6.07. The largest absolute Gasteiger partial charge is 0.468 e. The van der Waals surface area contributed by atoms with Crippen molar-refractivity contribution in [3.63, 3.8) is 0 Å². The summed E-state index contributed by atoms with van der Waals surface area (Å²) in [5, 5.41) is 3.17. The Morgan fingerprint density at radius 2 is 1.96 bits per heavy atom. The Hall–Kier alpha value is -1.54. The molecule has 0 radical (unpaired) electrons. The van der Waals surface area contributed by atoms with Gasteiger partial charge in [0.15, 0.2) is 5.96 Å². The minimum atomic E-state index is 0. The maximum absolute atomic E-state index is 6.07. The highest BCUT2D eigenvalue weighted by Crippen LogP contribution is 2.21. The predicted octanol–water partition coefficient (Wildman–Crippen LogP) is 4.27. The van der Waals surface area contributed by atoms with Gasteiger partial charge < -0.3 is 15.5 Å². The summed E-state index contributed by atoms with van der Waals surface area (Å²) in [6.45, 7) is 8.84. The molecule has 138 valence electrons. The van der Waals surface area contributed by atoms with Crippen molar-refractivity contribution in [1.29, 1.82) is 0 Å². The molecule has 2 rings (SSSR count). The number of anilines is 1. The minimum absolute atomic E-state index is 0. The Bertz CT molecular complexity index is 639. The summed E-state index contributed by atoms with van der Waals surface area (Å²) in [5.41, 5.74) is 8.31. The lowest BCUT2D eigenvalue weighted by molar-refractivity contribution is 0.198. The van der Waals surface area contributed by atoms with Crippen LogP contribution in [0.2, 0.25) is 0 Å². The monoisotopic (exact) mass is 456 g/mol. The second-order valence-corrected chi connectivity index (χ2v) is 5.66. The van der Waals surface area contributed by atoms with Gasteiger partial charge >= 0.3 is 0 Å². The highest BCUT2D eigenvalue weighted by Gasteiger charge is 2.20. The molecule has 3 N–H and O–H groups in total. The third-order valence-electron chi connectivity index (χ3n) is 4.17. The third-order valence-corrected chi connectivity index (χ3v) is 4.17. The van der Waals surface area contributed by atoms with Crippen LogP contribution >= 0.6 is 24.0 Å². The average molecular weight is 456 g/mol. The number of rotatable bonds is 8. The molecule has 0 aliphatic rings. The Kier molecular flexibility index (Phi) is 9.59. The summed E-state index contributed by atoms with van der Waals surface area (Å²) >= 11 is 0. The Balaban J connectivity index is 0.00000312. The van der Waals surface area contributed by atoms with Gasteiger partial charge in [0.25, 0.3) is 0 Å². The summed E-state index contributed by atoms with van der Waals surface area (Å²) in [6.07, 6.45) is 2.70. The van der Waals surface area contributed by atoms with Gasteiger partial charge in [-0.25, -0.2) is 0 Å². The molecule has 0 amide bonds. The first-order chi connectivity index (χ1) is 11.7. The van der Waals surface area contributed by atoms with E-state index in [4.69, 9.17) is 10.2 Å². The van der Waals surface area contributed by atoms with Crippen molar-refractivity contribution in [2.45, 2.75) is 33.2 Å². The number of hydrogen-bond donors (Lipinski definition) is 2. The minimum Gasteiger partial charge on any atom is -0.468 e. The lowest BCUT2D eigenvalue weighted by Gasteiger charge is -2.26. The van der Waals surface area contributed by atoms with Gasteiger partial charge in [-0.1, -0.05) is 32.9 Å². The fraction of sp³-hybridized carbons (Fsp3) is 0.421. The van der Waals surface area contributed by atoms with Crippen molar-refractivity contribution in [2.24, 2.45) is 10.7 Å². The van der Waals surface area contributed by atoms with Gasteiger partial charge in [-0.2, -0.15) is 0 Å². The number of hydrogen-bond acceptors (Lipinski definition) is 3. The van der Waals surface area contributed by atoms with E-state index >= 15 is 0 Å². The summed E-state index contributed by atoms with van der Waals surface area (Å²) in [6, 6.07) is 12.2. The van der Waals surface area contributed by atoms with Gasteiger partial charge in [0.05, 0.1) is 18.8 Å². The number of nitrogens with zero attached hydrogens (tertiary/aromatic N) is 2. The molecule has 25 heavy (non-hydrogen) atoms. The van der Waals surface area contributed by atoms with Crippen LogP contribution in [0.1, 0.15) is 38.1 Å². The van der Waals surface area contributed by atoms with Crippen LogP contribution in [-0.4, -0.2) is 30.5 Å². The van der Waals surface area contributed by atoms with Gasteiger partial charge in [0.2, 0.25) is 0 Å². The number of aliphatic imine (C=N–C) groups is 1. The van der Waals surface area contributed by atoms with Gasteiger partial charge in [-0.3, -0.25) is 9.89 Å². The zero-order chi connectivity index (χ0) is 17.4. The van der Waals surface area contributed by atoms with Crippen LogP contribution in [0, 0.1) is 0 Å². The summed E-state index contributed by atoms with van der Waals surface area (Å²) in [5.74, 6) is 1.34. The van der Waals surface area contributed by atoms with Crippen molar-refractivity contribution in [1.82, 2.24) is 4.90 Å². The van der Waals surface area contributed by atoms with Crippen LogP contribution in [0.5, 0.6) is 0 Å². The molecule has 0 saturated carbocycles. The number of halogens is 1. The van der Waals surface area contributed by atoms with E-state index in [9.17, 15) is 0 Å². The summed E-state index contributed by atoms with van der Waals surface area (Å²) in [4.78, 5) is 6.84. The average Bonchev–Trinajstić information content (AvgIpc) is 3.13. The van der Waals surface area contributed by atoms with Crippen molar-refractivity contribution in [2.75, 3.05) is 25.0 Å². The molecule has 5 nitrogen and oxygen atoms in total. The number of guanidine groups is 1. The van der Waals surface area contributed by atoms with Crippen LogP contribution in [0.15, 0.2) is 52.1 Å². The van der Waals surface area contributed by atoms with Crippen LogP contribution in [0.25, 0.3) is 0 Å². The molecule has 0 aliphatic heterocycles. The Morgan fingerprint density at radius 1 is 1.20 bits per heavy atom. The maximum Gasteiger partial charge on any atom is 0.193 e. The third kappa shape index (κ3) is 6.36. The van der Waals surface area contributed by atoms with Crippen LogP contribution in [0.4, 0.5) is 5.69 Å². The SMILES string of the molecule is CCc1cccc(NC(N)=NCC(c2ccco2)N(CC)CC)c1.I. The lowest BCUT2D eigenvalue weighted by Crippen LogP contribution is -2.31. The van der Waals surface area contributed by atoms with Crippen molar-refractivity contribution in [3.8, 4) is 0 Å². The molecule has 0 saturated heterocycles. The fourth-order valence-corrected chi connectivity index (χ4v) is 2.77. The Labute approximate surface area is 167 Å². The number of nitrogens with one attached hydrogen (secondary N) is 1. The van der Waals surface area contributed by atoms with E-state index in [1.807, 2.05) is 24.3 Å². The number of nitrogens with two attached hydrogens (primary N) is 1. The standard InChI is InChI=1S/C19H28N4O.HI/c1-4-15-9-7-10-16(13-15)22-19(20)21-14-17(23(5-2)6-3)18-11-8-12-24-18;/h7-13,17H,4-6,14H2,1-3H3,(H3,20,21,22);1H. The van der Waals surface area contributed by atoms with Crippen molar-refractivity contribution in [3.05, 3.63) is 54.0 Å². The molecule has 1 aromatic heterocycles. The molecule has 1 heterocycles. The highest BCUT2D eigenvalue weighted by atomic mass is 127. The van der Waals surface area contributed by atoms with Crippen molar-refractivity contribution < 1.29 is 4.42 Å². The topological polar surface area (TPSA) is 66.8 Å². The van der Waals surface area contributed by atoms with Gasteiger partial charge in [-0.05, 0) is 49.3 Å². The number of likely N-dealkylation sites (N-methyl/N-ethyl adjacent to an activating group) is 1. The van der Waals surface area contributed by atoms with E-state index in [0.717, 1.165) is 31.0 Å². The predicted molar refractivity (Wildman–Crippen MR) is 116 cm³/mol. The molecule has 0 aliphatic carbocycles. The fourth-order valence-electron chi connectivity index (χ4n) is 2.77. The second-order valence-electron chi connectivity index (χ2n) is 5.66. The molecule has 0 fully saturated rings. The molecule has 2 aromatic rings. The second kappa shape index (κ2) is 11.1. The zero-order valence-electron chi connectivity index (χ0n) is 15.2. The van der Waals surface area contributed by atoms with E-state index < -0.39 is 0 Å². The van der Waals surface area contributed by atoms with E-state index in [0.29, 0.717) is 12.5 Å². The summed E-state index contributed by atoms with van der Waals surface area (Å²) < 4.78 is 5.59. The molecule has 1 atom stereocenters. The molecule has 0 spiro atoms. The molecule has 1 aromatic carbocycles. The van der Waals surface area contributed by atoms with Gasteiger partial charge in [-0.15, -0.1) is 24.0 Å². The highest BCUT2D eigenvalue weighted by molar-refractivity contribution is 14.0. The molecular weight excluding hydrogens is 427 g/mol. The molecule has 1 unspecified atom stereocenters. The zero-order valence-corrected chi connectivity index (χ0v) is 17.6. The van der Waals surface area contributed by atoms with Crippen LogP contribution in [-0.2, 0) is 6.42 Å². The van der Waals surface area contributed by atoms with Crippen LogP contribution in [0.3, 0.4) is 0 Å². The van der Waals surface area contributed by atoms with Gasteiger partial charge in [0, 0.05) is 5.69 Å². The normalized spacial score (nSPS) is 12.7. The lowest BCUT2D eigenvalue weighted by atomic mass is 10.1. The first-order valence-corrected chi connectivity index (χ1v) is 8.61. The van der Waals surface area contributed by atoms with E-state index in [1.165, 1.54) is 5.56 Å². The molecular formula is C19H29IN4O. The smallest absolute Gasteiger partial charge is 0.193 e. The first kappa shape index (κ1) is 21.5. The number of furan rings is 1. The number of benzene rings is 1. The number of aryl methyl sites for hydroxylation is 1. The molecule has 6 heteroatoms. The Morgan fingerprint density at radius 3 is 2.56 bits per heavy atom. The van der Waals surface area contributed by atoms with E-state index in [2.05, 4.69) is 48.1 Å². The van der Waals surface area contributed by atoms with E-state index in [-0.39, 0.29) is 30.0 Å². The van der Waals surface area contributed by atoms with Crippen molar-refractivity contribution >= 4 is 35.6 Å². The molecule has 0 bridgehead atoms. The summed E-state index contributed by atoms with van der Waals surface area (Å²) in [7, 11) is 0. The van der Waals surface area contributed by atoms with Crippen LogP contribution < -0.4 is 11.1 Å².